The highest BCUT2D eigenvalue weighted by atomic mass is 19.4. The van der Waals surface area contributed by atoms with Crippen molar-refractivity contribution in [1.29, 1.82) is 0 Å². The SMILES string of the molecule is CCOc1ccc(N2CCC[C@H](C(=O)NCC(F)(F)F)C2)nn1. The van der Waals surface area contributed by atoms with Gasteiger partial charge in [-0.25, -0.2) is 0 Å². The Kier molecular flexibility index (Phi) is 5.62. The maximum absolute atomic E-state index is 12.2. The minimum atomic E-state index is -4.40. The van der Waals surface area contributed by atoms with Crippen molar-refractivity contribution in [3.8, 4) is 5.88 Å². The van der Waals surface area contributed by atoms with Crippen LogP contribution in [0.1, 0.15) is 19.8 Å². The normalized spacial score (nSPS) is 18.6. The summed E-state index contributed by atoms with van der Waals surface area (Å²) in [6.45, 7) is 2.03. The van der Waals surface area contributed by atoms with E-state index in [1.165, 1.54) is 0 Å². The predicted molar refractivity (Wildman–Crippen MR) is 77.2 cm³/mol. The van der Waals surface area contributed by atoms with Crippen LogP contribution in [0.3, 0.4) is 0 Å². The third-order valence-electron chi connectivity index (χ3n) is 3.50. The molecule has 6 nitrogen and oxygen atoms in total. The third kappa shape index (κ3) is 5.26. The Morgan fingerprint density at radius 1 is 1.43 bits per heavy atom. The van der Waals surface area contributed by atoms with Gasteiger partial charge in [-0.1, -0.05) is 0 Å². The first-order valence-corrected chi connectivity index (χ1v) is 7.45. The van der Waals surface area contributed by atoms with Crippen LogP contribution in [-0.4, -0.2) is 48.5 Å². The van der Waals surface area contributed by atoms with Gasteiger partial charge in [-0.3, -0.25) is 4.79 Å². The van der Waals surface area contributed by atoms with Crippen LogP contribution >= 0.6 is 0 Å². The topological polar surface area (TPSA) is 67.3 Å². The fraction of sp³-hybridized carbons (Fsp3) is 0.643. The number of rotatable bonds is 5. The van der Waals surface area contributed by atoms with Crippen molar-refractivity contribution in [3.63, 3.8) is 0 Å². The molecule has 0 unspecified atom stereocenters. The van der Waals surface area contributed by atoms with Gasteiger partial charge < -0.3 is 15.0 Å². The van der Waals surface area contributed by atoms with Crippen molar-refractivity contribution in [2.75, 3.05) is 31.1 Å². The highest BCUT2D eigenvalue weighted by molar-refractivity contribution is 5.79. The summed E-state index contributed by atoms with van der Waals surface area (Å²) in [4.78, 5) is 13.7. The first-order valence-electron chi connectivity index (χ1n) is 7.45. The molecule has 1 saturated heterocycles. The molecule has 0 aromatic carbocycles. The van der Waals surface area contributed by atoms with Crippen molar-refractivity contribution >= 4 is 11.7 Å². The van der Waals surface area contributed by atoms with Gasteiger partial charge in [-0.2, -0.15) is 13.2 Å². The zero-order valence-electron chi connectivity index (χ0n) is 12.8. The molecule has 23 heavy (non-hydrogen) atoms. The van der Waals surface area contributed by atoms with Crippen molar-refractivity contribution in [2.45, 2.75) is 25.9 Å². The van der Waals surface area contributed by atoms with Gasteiger partial charge in [0, 0.05) is 19.2 Å². The smallest absolute Gasteiger partial charge is 0.405 e. The summed E-state index contributed by atoms with van der Waals surface area (Å²) >= 11 is 0. The fourth-order valence-electron chi connectivity index (χ4n) is 2.44. The quantitative estimate of drug-likeness (QED) is 0.890. The average molecular weight is 332 g/mol. The molecule has 1 fully saturated rings. The predicted octanol–water partition coefficient (Wildman–Crippen LogP) is 1.77. The zero-order valence-corrected chi connectivity index (χ0v) is 12.8. The Bertz CT molecular complexity index is 522. The summed E-state index contributed by atoms with van der Waals surface area (Å²) in [5, 5.41) is 9.90. The Hall–Kier alpha value is -2.06. The van der Waals surface area contributed by atoms with Gasteiger partial charge in [0.2, 0.25) is 11.8 Å². The molecular formula is C14H19F3N4O2. The molecule has 9 heteroatoms. The molecule has 0 spiro atoms. The second kappa shape index (κ2) is 7.47. The Morgan fingerprint density at radius 2 is 2.22 bits per heavy atom. The molecule has 1 aromatic heterocycles. The van der Waals surface area contributed by atoms with Crippen LogP contribution in [-0.2, 0) is 4.79 Å². The Labute approximate surface area is 132 Å². The van der Waals surface area contributed by atoms with E-state index < -0.39 is 24.5 Å². The largest absolute Gasteiger partial charge is 0.477 e. The second-order valence-corrected chi connectivity index (χ2v) is 5.28. The van der Waals surface area contributed by atoms with E-state index in [2.05, 4.69) is 10.2 Å². The Morgan fingerprint density at radius 3 is 2.83 bits per heavy atom. The molecule has 1 aromatic rings. The molecule has 1 aliphatic heterocycles. The number of nitrogens with zero attached hydrogens (tertiary/aromatic N) is 3. The first-order chi connectivity index (χ1) is 10.9. The Balaban J connectivity index is 1.93. The summed E-state index contributed by atoms with van der Waals surface area (Å²) in [6, 6.07) is 3.41. The van der Waals surface area contributed by atoms with Crippen molar-refractivity contribution in [1.82, 2.24) is 15.5 Å². The number of hydrogen-bond donors (Lipinski definition) is 1. The molecular weight excluding hydrogens is 313 g/mol. The third-order valence-corrected chi connectivity index (χ3v) is 3.50. The molecule has 2 rings (SSSR count). The molecule has 1 aliphatic rings. The number of carbonyl (C=O) groups is 1. The lowest BCUT2D eigenvalue weighted by Gasteiger charge is -2.32. The summed E-state index contributed by atoms with van der Waals surface area (Å²) < 4.78 is 41.7. The van der Waals surface area contributed by atoms with Crippen LogP contribution in [0.4, 0.5) is 19.0 Å². The molecule has 1 amide bonds. The van der Waals surface area contributed by atoms with Gasteiger partial charge in [0.25, 0.3) is 0 Å². The van der Waals surface area contributed by atoms with Crippen LogP contribution in [0.25, 0.3) is 0 Å². The van der Waals surface area contributed by atoms with Crippen molar-refractivity contribution in [3.05, 3.63) is 12.1 Å². The van der Waals surface area contributed by atoms with E-state index in [1.807, 2.05) is 17.1 Å². The lowest BCUT2D eigenvalue weighted by molar-refractivity contribution is -0.140. The average Bonchev–Trinajstić information content (AvgIpc) is 2.53. The van der Waals surface area contributed by atoms with Gasteiger partial charge in [-0.05, 0) is 25.8 Å². The van der Waals surface area contributed by atoms with E-state index in [-0.39, 0.29) is 0 Å². The maximum Gasteiger partial charge on any atom is 0.405 e. The minimum absolute atomic E-state index is 0.326. The van der Waals surface area contributed by atoms with Crippen LogP contribution in [0.2, 0.25) is 0 Å². The maximum atomic E-state index is 12.2. The van der Waals surface area contributed by atoms with E-state index in [4.69, 9.17) is 4.74 Å². The number of piperidine rings is 1. The highest BCUT2D eigenvalue weighted by Gasteiger charge is 2.31. The van der Waals surface area contributed by atoms with E-state index >= 15 is 0 Å². The highest BCUT2D eigenvalue weighted by Crippen LogP contribution is 2.22. The second-order valence-electron chi connectivity index (χ2n) is 5.28. The van der Waals surface area contributed by atoms with E-state index in [1.54, 1.807) is 12.1 Å². The number of anilines is 1. The van der Waals surface area contributed by atoms with Gasteiger partial charge in [0.15, 0.2) is 5.82 Å². The van der Waals surface area contributed by atoms with Gasteiger partial charge in [0.05, 0.1) is 12.5 Å². The first kappa shape index (κ1) is 17.3. The van der Waals surface area contributed by atoms with Crippen molar-refractivity contribution < 1.29 is 22.7 Å². The number of aromatic nitrogens is 2. The number of alkyl halides is 3. The molecule has 0 saturated carbocycles. The monoisotopic (exact) mass is 332 g/mol. The number of carbonyl (C=O) groups excluding carboxylic acids is 1. The van der Waals surface area contributed by atoms with Gasteiger partial charge in [-0.15, -0.1) is 10.2 Å². The van der Waals surface area contributed by atoms with Crippen LogP contribution in [0.15, 0.2) is 12.1 Å². The summed E-state index contributed by atoms with van der Waals surface area (Å²) in [5.41, 5.74) is 0. The standard InChI is InChI=1S/C14H19F3N4O2/c1-2-23-12-6-5-11(19-20-12)21-7-3-4-10(8-21)13(22)18-9-14(15,16)17/h5-6,10H,2-4,7-9H2,1H3,(H,18,22)/t10-/m0/s1. The van der Waals surface area contributed by atoms with Crippen LogP contribution in [0.5, 0.6) is 5.88 Å². The molecule has 0 bridgehead atoms. The van der Waals surface area contributed by atoms with Crippen molar-refractivity contribution in [2.24, 2.45) is 5.92 Å². The molecule has 0 aliphatic carbocycles. The number of ether oxygens (including phenoxy) is 1. The lowest BCUT2D eigenvalue weighted by atomic mass is 9.97. The van der Waals surface area contributed by atoms with Gasteiger partial charge in [0.1, 0.15) is 6.54 Å². The number of amides is 1. The fourth-order valence-corrected chi connectivity index (χ4v) is 2.44. The number of nitrogens with one attached hydrogen (secondary N) is 1. The van der Waals surface area contributed by atoms with E-state index in [0.29, 0.717) is 44.2 Å². The summed E-state index contributed by atoms with van der Waals surface area (Å²) in [6.07, 6.45) is -3.13. The zero-order chi connectivity index (χ0) is 16.9. The van der Waals surface area contributed by atoms with Crippen LogP contribution < -0.4 is 15.0 Å². The summed E-state index contributed by atoms with van der Waals surface area (Å²) in [7, 11) is 0. The van der Waals surface area contributed by atoms with Gasteiger partial charge >= 0.3 is 6.18 Å². The molecule has 1 N–H and O–H groups in total. The number of hydrogen-bond acceptors (Lipinski definition) is 5. The molecule has 2 heterocycles. The minimum Gasteiger partial charge on any atom is -0.477 e. The van der Waals surface area contributed by atoms with Crippen LogP contribution in [0, 0.1) is 5.92 Å². The van der Waals surface area contributed by atoms with E-state index in [0.717, 1.165) is 0 Å². The summed E-state index contributed by atoms with van der Waals surface area (Å²) in [5.74, 6) is -0.0695. The lowest BCUT2D eigenvalue weighted by Crippen LogP contribution is -2.45. The molecule has 1 atom stereocenters. The number of halogens is 3. The molecule has 128 valence electrons. The molecule has 0 radical (unpaired) electrons. The van der Waals surface area contributed by atoms with E-state index in [9.17, 15) is 18.0 Å².